The summed E-state index contributed by atoms with van der Waals surface area (Å²) in [6.45, 7) is 5.62. The van der Waals surface area contributed by atoms with E-state index in [0.717, 1.165) is 0 Å². The smallest absolute Gasteiger partial charge is 0.410 e. The molecule has 1 amide bonds. The number of carbonyl (C=O) groups excluding carboxylic acids is 1. The van der Waals surface area contributed by atoms with Gasteiger partial charge in [0.2, 0.25) is 0 Å². The van der Waals surface area contributed by atoms with Gasteiger partial charge in [0.05, 0.1) is 33.0 Å². The number of hydrogen-bond donors (Lipinski definition) is 1. The van der Waals surface area contributed by atoms with Crippen LogP contribution in [0.5, 0.6) is 5.75 Å². The first-order valence-electron chi connectivity index (χ1n) is 7.07. The van der Waals surface area contributed by atoms with Crippen LogP contribution in [0.25, 0.3) is 0 Å². The van der Waals surface area contributed by atoms with Crippen molar-refractivity contribution in [1.29, 1.82) is 0 Å². The minimum absolute atomic E-state index is 0.393. The van der Waals surface area contributed by atoms with E-state index in [9.17, 15) is 4.79 Å². The lowest BCUT2D eigenvalue weighted by Gasteiger charge is -2.08. The molecular formula is C15H23NO5. The number of para-hydroxylation sites is 1. The summed E-state index contributed by atoms with van der Waals surface area (Å²) in [5, 5.41) is 2.60. The van der Waals surface area contributed by atoms with Crippen molar-refractivity contribution in [3.63, 3.8) is 0 Å². The standard InChI is InChI=1S/C15H23NO5/c1-2-18-10-11-20-13-12-19-9-8-16-15(17)21-14-6-4-3-5-7-14/h3-7H,2,8-13H2,1H3,(H,16,17). The average Bonchev–Trinajstić information content (AvgIpc) is 2.50. The Morgan fingerprint density at radius 2 is 1.57 bits per heavy atom. The van der Waals surface area contributed by atoms with E-state index in [-0.39, 0.29) is 0 Å². The maximum Gasteiger partial charge on any atom is 0.412 e. The fraction of sp³-hybridized carbons (Fsp3) is 0.533. The van der Waals surface area contributed by atoms with Crippen molar-refractivity contribution in [1.82, 2.24) is 5.32 Å². The fourth-order valence-electron chi connectivity index (χ4n) is 1.44. The number of nitrogens with one attached hydrogen (secondary N) is 1. The lowest BCUT2D eigenvalue weighted by Crippen LogP contribution is -2.30. The molecule has 1 N–H and O–H groups in total. The van der Waals surface area contributed by atoms with E-state index in [4.69, 9.17) is 18.9 Å². The number of amides is 1. The number of hydrogen-bond acceptors (Lipinski definition) is 5. The second-order valence-electron chi connectivity index (χ2n) is 4.05. The molecule has 1 aromatic carbocycles. The van der Waals surface area contributed by atoms with Gasteiger partial charge in [-0.25, -0.2) is 4.79 Å². The van der Waals surface area contributed by atoms with E-state index < -0.39 is 6.09 Å². The molecule has 0 saturated heterocycles. The maximum atomic E-state index is 11.4. The van der Waals surface area contributed by atoms with Gasteiger partial charge in [0.25, 0.3) is 0 Å². The first-order chi connectivity index (χ1) is 10.3. The van der Waals surface area contributed by atoms with Gasteiger partial charge in [0, 0.05) is 13.2 Å². The molecule has 0 spiro atoms. The number of carbonyl (C=O) groups is 1. The summed E-state index contributed by atoms with van der Waals surface area (Å²) in [5.74, 6) is 0.513. The SMILES string of the molecule is CCOCCOCCOCCNC(=O)Oc1ccccc1. The maximum absolute atomic E-state index is 11.4. The highest BCUT2D eigenvalue weighted by Crippen LogP contribution is 2.07. The summed E-state index contributed by atoms with van der Waals surface area (Å²) >= 11 is 0. The molecule has 6 nitrogen and oxygen atoms in total. The highest BCUT2D eigenvalue weighted by Gasteiger charge is 2.02. The Labute approximate surface area is 125 Å². The molecule has 1 rings (SSSR count). The van der Waals surface area contributed by atoms with Crippen LogP contribution in [-0.2, 0) is 14.2 Å². The molecule has 6 heteroatoms. The van der Waals surface area contributed by atoms with Crippen LogP contribution in [0.15, 0.2) is 30.3 Å². The van der Waals surface area contributed by atoms with Gasteiger partial charge in [0.1, 0.15) is 5.75 Å². The average molecular weight is 297 g/mol. The van der Waals surface area contributed by atoms with Crippen LogP contribution in [0.3, 0.4) is 0 Å². The third-order valence-corrected chi connectivity index (χ3v) is 2.42. The zero-order valence-electron chi connectivity index (χ0n) is 12.4. The molecule has 0 atom stereocenters. The van der Waals surface area contributed by atoms with Crippen LogP contribution in [0.2, 0.25) is 0 Å². The minimum Gasteiger partial charge on any atom is -0.410 e. The second-order valence-corrected chi connectivity index (χ2v) is 4.05. The van der Waals surface area contributed by atoms with Crippen LogP contribution >= 0.6 is 0 Å². The van der Waals surface area contributed by atoms with Crippen LogP contribution in [0.4, 0.5) is 4.79 Å². The molecule has 0 bridgehead atoms. The summed E-state index contributed by atoms with van der Waals surface area (Å²) in [4.78, 5) is 11.4. The number of rotatable bonds is 11. The fourth-order valence-corrected chi connectivity index (χ4v) is 1.44. The van der Waals surface area contributed by atoms with E-state index in [0.29, 0.717) is 51.9 Å². The van der Waals surface area contributed by atoms with Crippen molar-refractivity contribution >= 4 is 6.09 Å². The van der Waals surface area contributed by atoms with E-state index in [1.54, 1.807) is 24.3 Å². The Balaban J connectivity index is 1.89. The molecule has 118 valence electrons. The minimum atomic E-state index is -0.488. The predicted octanol–water partition coefficient (Wildman–Crippen LogP) is 1.84. The van der Waals surface area contributed by atoms with E-state index in [2.05, 4.69) is 5.32 Å². The van der Waals surface area contributed by atoms with Gasteiger partial charge in [-0.15, -0.1) is 0 Å². The zero-order valence-corrected chi connectivity index (χ0v) is 12.4. The molecule has 0 radical (unpaired) electrons. The highest BCUT2D eigenvalue weighted by atomic mass is 16.6. The van der Waals surface area contributed by atoms with Crippen molar-refractivity contribution < 1.29 is 23.7 Å². The summed E-state index contributed by atoms with van der Waals surface area (Å²) in [5.41, 5.74) is 0. The van der Waals surface area contributed by atoms with Crippen molar-refractivity contribution in [2.75, 3.05) is 46.2 Å². The van der Waals surface area contributed by atoms with Crippen molar-refractivity contribution in [2.24, 2.45) is 0 Å². The third-order valence-electron chi connectivity index (χ3n) is 2.42. The van der Waals surface area contributed by atoms with E-state index >= 15 is 0 Å². The molecule has 0 aliphatic heterocycles. The second kappa shape index (κ2) is 12.1. The lowest BCUT2D eigenvalue weighted by atomic mass is 10.3. The van der Waals surface area contributed by atoms with Gasteiger partial charge < -0.3 is 24.3 Å². The van der Waals surface area contributed by atoms with E-state index in [1.165, 1.54) is 0 Å². The van der Waals surface area contributed by atoms with Gasteiger partial charge in [-0.3, -0.25) is 0 Å². The molecule has 1 aromatic rings. The molecule has 0 unspecified atom stereocenters. The van der Waals surface area contributed by atoms with Gasteiger partial charge in [-0.1, -0.05) is 18.2 Å². The molecular weight excluding hydrogens is 274 g/mol. The zero-order chi connectivity index (χ0) is 15.2. The molecule has 0 heterocycles. The Kier molecular flexibility index (Phi) is 10.1. The Morgan fingerprint density at radius 3 is 2.24 bits per heavy atom. The van der Waals surface area contributed by atoms with Crippen molar-refractivity contribution in [3.05, 3.63) is 30.3 Å². The largest absolute Gasteiger partial charge is 0.412 e. The monoisotopic (exact) mass is 297 g/mol. The number of ether oxygens (including phenoxy) is 4. The molecule has 0 aliphatic rings. The Hall–Kier alpha value is -1.63. The lowest BCUT2D eigenvalue weighted by molar-refractivity contribution is 0.0177. The van der Waals surface area contributed by atoms with Gasteiger partial charge in [0.15, 0.2) is 0 Å². The van der Waals surface area contributed by atoms with Crippen LogP contribution in [0.1, 0.15) is 6.92 Å². The molecule has 21 heavy (non-hydrogen) atoms. The molecule has 0 saturated carbocycles. The Bertz CT molecular complexity index is 372. The van der Waals surface area contributed by atoms with Crippen molar-refractivity contribution in [3.8, 4) is 5.75 Å². The quantitative estimate of drug-likeness (QED) is 0.631. The number of benzene rings is 1. The van der Waals surface area contributed by atoms with E-state index in [1.807, 2.05) is 13.0 Å². The van der Waals surface area contributed by atoms with Gasteiger partial charge >= 0.3 is 6.09 Å². The molecule has 0 aliphatic carbocycles. The Morgan fingerprint density at radius 1 is 0.952 bits per heavy atom. The van der Waals surface area contributed by atoms with Gasteiger partial charge in [-0.05, 0) is 19.1 Å². The van der Waals surface area contributed by atoms with Crippen LogP contribution < -0.4 is 10.1 Å². The first-order valence-corrected chi connectivity index (χ1v) is 7.07. The van der Waals surface area contributed by atoms with Crippen LogP contribution in [0, 0.1) is 0 Å². The molecule has 0 fully saturated rings. The summed E-state index contributed by atoms with van der Waals surface area (Å²) in [6, 6.07) is 8.90. The summed E-state index contributed by atoms with van der Waals surface area (Å²) < 4.78 is 20.8. The van der Waals surface area contributed by atoms with Crippen molar-refractivity contribution in [2.45, 2.75) is 6.92 Å². The third kappa shape index (κ3) is 9.84. The summed E-state index contributed by atoms with van der Waals surface area (Å²) in [6.07, 6.45) is -0.488. The predicted molar refractivity (Wildman–Crippen MR) is 78.6 cm³/mol. The summed E-state index contributed by atoms with van der Waals surface area (Å²) in [7, 11) is 0. The molecule has 0 aromatic heterocycles. The first kappa shape index (κ1) is 17.4. The topological polar surface area (TPSA) is 66.0 Å². The normalized spacial score (nSPS) is 10.3. The van der Waals surface area contributed by atoms with Gasteiger partial charge in [-0.2, -0.15) is 0 Å². The van der Waals surface area contributed by atoms with Crippen LogP contribution in [-0.4, -0.2) is 52.3 Å². The highest BCUT2D eigenvalue weighted by molar-refractivity contribution is 5.70.